The molecule has 1 aromatic heterocycles. The number of hydrogen-bond donors (Lipinski definition) is 0. The minimum Gasteiger partial charge on any atom is -0.354 e. The Hall–Kier alpha value is -1.33. The van der Waals surface area contributed by atoms with Gasteiger partial charge in [-0.15, -0.1) is 0 Å². The zero-order chi connectivity index (χ0) is 13.2. The quantitative estimate of drug-likeness (QED) is 0.565. The van der Waals surface area contributed by atoms with E-state index in [-0.39, 0.29) is 0 Å². The second-order valence-corrected chi connectivity index (χ2v) is 5.56. The van der Waals surface area contributed by atoms with E-state index in [1.165, 1.54) is 0 Å². The largest absolute Gasteiger partial charge is 0.354 e. The fraction of sp³-hybridized carbons (Fsp3) is 0. The molecular weight excluding hydrogens is 373 g/mol. The lowest BCUT2D eigenvalue weighted by atomic mass is 10.1. The average Bonchev–Trinajstić information content (AvgIpc) is 2.83. The maximum absolute atomic E-state index is 5.89. The highest BCUT2D eigenvalue weighted by Gasteiger charge is 2.16. The predicted molar refractivity (Wildman–Crippen MR) is 85.1 cm³/mol. The van der Waals surface area contributed by atoms with E-state index in [0.717, 1.165) is 26.2 Å². The van der Waals surface area contributed by atoms with Crippen LogP contribution in [0.3, 0.4) is 0 Å². The third-order valence-electron chi connectivity index (χ3n) is 2.79. The molecule has 0 radical (unpaired) electrons. The molecule has 0 atom stereocenters. The van der Waals surface area contributed by atoms with Crippen molar-refractivity contribution >= 4 is 34.2 Å². The van der Waals surface area contributed by atoms with Crippen molar-refractivity contribution in [3.8, 4) is 22.6 Å². The second-order valence-electron chi connectivity index (χ2n) is 4.05. The van der Waals surface area contributed by atoms with Crippen molar-refractivity contribution in [1.29, 1.82) is 0 Å². The lowest BCUT2D eigenvalue weighted by Crippen LogP contribution is -1.81. The van der Waals surface area contributed by atoms with Crippen LogP contribution in [-0.2, 0) is 0 Å². The number of benzene rings is 2. The van der Waals surface area contributed by atoms with E-state index in [4.69, 9.17) is 16.1 Å². The molecule has 2 aromatic carbocycles. The van der Waals surface area contributed by atoms with Gasteiger partial charge >= 0.3 is 0 Å². The van der Waals surface area contributed by atoms with Crippen LogP contribution in [0, 0.1) is 3.57 Å². The van der Waals surface area contributed by atoms with Crippen molar-refractivity contribution in [3.05, 3.63) is 63.2 Å². The van der Waals surface area contributed by atoms with E-state index in [0.29, 0.717) is 5.02 Å². The summed E-state index contributed by atoms with van der Waals surface area (Å²) in [4.78, 5) is 0. The molecule has 0 aliphatic carbocycles. The summed E-state index contributed by atoms with van der Waals surface area (Å²) >= 11 is 8.16. The van der Waals surface area contributed by atoms with Crippen molar-refractivity contribution in [3.63, 3.8) is 0 Å². The number of aromatic nitrogens is 1. The van der Waals surface area contributed by atoms with E-state index in [9.17, 15) is 0 Å². The fourth-order valence-electron chi connectivity index (χ4n) is 1.84. The maximum Gasteiger partial charge on any atom is 0.180 e. The number of hydrogen-bond acceptors (Lipinski definition) is 2. The molecule has 0 amide bonds. The highest BCUT2D eigenvalue weighted by molar-refractivity contribution is 14.1. The molecule has 0 fully saturated rings. The van der Waals surface area contributed by atoms with Gasteiger partial charge in [-0.05, 0) is 34.7 Å². The molecule has 1 heterocycles. The molecule has 0 spiro atoms. The summed E-state index contributed by atoms with van der Waals surface area (Å²) < 4.78 is 6.48. The van der Waals surface area contributed by atoms with Gasteiger partial charge in [-0.2, -0.15) is 0 Å². The Morgan fingerprint density at radius 1 is 0.895 bits per heavy atom. The van der Waals surface area contributed by atoms with Crippen molar-refractivity contribution in [2.24, 2.45) is 0 Å². The first-order valence-corrected chi connectivity index (χ1v) is 7.18. The minimum atomic E-state index is 0.713. The van der Waals surface area contributed by atoms with Crippen molar-refractivity contribution in [2.75, 3.05) is 0 Å². The van der Waals surface area contributed by atoms with Gasteiger partial charge in [0.25, 0.3) is 0 Å². The summed E-state index contributed by atoms with van der Waals surface area (Å²) in [6.45, 7) is 0. The lowest BCUT2D eigenvalue weighted by Gasteiger charge is -1.98. The Labute approximate surface area is 129 Å². The Morgan fingerprint density at radius 3 is 2.26 bits per heavy atom. The summed E-state index contributed by atoms with van der Waals surface area (Å²) in [5.41, 5.74) is 2.87. The third-order valence-corrected chi connectivity index (χ3v) is 4.04. The van der Waals surface area contributed by atoms with E-state index >= 15 is 0 Å². The van der Waals surface area contributed by atoms with Crippen LogP contribution in [0.15, 0.2) is 59.1 Å². The lowest BCUT2D eigenvalue weighted by molar-refractivity contribution is 0.434. The molecule has 0 aliphatic rings. The molecule has 0 bridgehead atoms. The van der Waals surface area contributed by atoms with Gasteiger partial charge < -0.3 is 4.52 Å². The highest BCUT2D eigenvalue weighted by atomic mass is 127. The summed E-state index contributed by atoms with van der Waals surface area (Å²) in [6, 6.07) is 17.5. The molecule has 2 nitrogen and oxygen atoms in total. The average molecular weight is 382 g/mol. The summed E-state index contributed by atoms with van der Waals surface area (Å²) in [5, 5.41) is 4.88. The Morgan fingerprint density at radius 2 is 1.58 bits per heavy atom. The Kier molecular flexibility index (Phi) is 3.57. The van der Waals surface area contributed by atoms with Crippen LogP contribution in [0.2, 0.25) is 5.02 Å². The van der Waals surface area contributed by atoms with Crippen molar-refractivity contribution in [1.82, 2.24) is 5.16 Å². The minimum absolute atomic E-state index is 0.713. The topological polar surface area (TPSA) is 26.0 Å². The molecule has 0 N–H and O–H groups in total. The van der Waals surface area contributed by atoms with Gasteiger partial charge in [0.05, 0.1) is 3.57 Å². The van der Waals surface area contributed by atoms with E-state index in [1.54, 1.807) is 0 Å². The van der Waals surface area contributed by atoms with Crippen molar-refractivity contribution < 1.29 is 4.52 Å². The van der Waals surface area contributed by atoms with Gasteiger partial charge in [-0.1, -0.05) is 59.2 Å². The van der Waals surface area contributed by atoms with Gasteiger partial charge in [0.1, 0.15) is 5.69 Å². The third kappa shape index (κ3) is 2.53. The van der Waals surface area contributed by atoms with Crippen LogP contribution in [0.4, 0.5) is 0 Å². The molecule has 0 saturated heterocycles. The normalized spacial score (nSPS) is 10.6. The summed E-state index contributed by atoms with van der Waals surface area (Å²) in [7, 11) is 0. The molecular formula is C15H9ClINO. The van der Waals surface area contributed by atoms with Crippen LogP contribution in [-0.4, -0.2) is 5.16 Å². The van der Waals surface area contributed by atoms with Gasteiger partial charge in [0, 0.05) is 16.1 Å². The van der Waals surface area contributed by atoms with Crippen LogP contribution in [0.5, 0.6) is 0 Å². The van der Waals surface area contributed by atoms with Crippen LogP contribution < -0.4 is 0 Å². The maximum atomic E-state index is 5.89. The van der Waals surface area contributed by atoms with Crippen LogP contribution >= 0.6 is 34.2 Å². The molecule has 0 saturated carbocycles. The Bertz CT molecular complexity index is 692. The number of rotatable bonds is 2. The van der Waals surface area contributed by atoms with Crippen LogP contribution in [0.25, 0.3) is 22.6 Å². The first-order chi connectivity index (χ1) is 9.25. The SMILES string of the molecule is Clc1ccc(-c2noc(-c3ccccc3)c2I)cc1. The predicted octanol–water partition coefficient (Wildman–Crippen LogP) is 5.27. The summed E-state index contributed by atoms with van der Waals surface area (Å²) in [6.07, 6.45) is 0. The van der Waals surface area contributed by atoms with Gasteiger partial charge in [0.15, 0.2) is 5.76 Å². The molecule has 0 aliphatic heterocycles. The Balaban J connectivity index is 2.06. The zero-order valence-corrected chi connectivity index (χ0v) is 12.7. The molecule has 3 rings (SSSR count). The van der Waals surface area contributed by atoms with E-state index < -0.39 is 0 Å². The zero-order valence-electron chi connectivity index (χ0n) is 9.81. The smallest absolute Gasteiger partial charge is 0.180 e. The fourth-order valence-corrected chi connectivity index (χ4v) is 2.78. The number of halogens is 2. The second kappa shape index (κ2) is 5.35. The van der Waals surface area contributed by atoms with E-state index in [1.807, 2.05) is 54.6 Å². The standard InChI is InChI=1S/C15H9ClINO/c16-12-8-6-10(7-9-12)14-13(17)15(19-18-14)11-4-2-1-3-5-11/h1-9H. The first-order valence-electron chi connectivity index (χ1n) is 5.72. The monoisotopic (exact) mass is 381 g/mol. The number of nitrogens with zero attached hydrogens (tertiary/aromatic N) is 1. The van der Waals surface area contributed by atoms with E-state index in [2.05, 4.69) is 27.7 Å². The van der Waals surface area contributed by atoms with Gasteiger partial charge in [-0.3, -0.25) is 0 Å². The molecule has 0 unspecified atom stereocenters. The van der Waals surface area contributed by atoms with Gasteiger partial charge in [-0.25, -0.2) is 0 Å². The highest BCUT2D eigenvalue weighted by Crippen LogP contribution is 2.33. The molecule has 3 aromatic rings. The molecule has 4 heteroatoms. The molecule has 94 valence electrons. The summed E-state index contributed by atoms with van der Waals surface area (Å²) in [5.74, 6) is 0.797. The first kappa shape index (κ1) is 12.7. The molecule has 19 heavy (non-hydrogen) atoms. The van der Waals surface area contributed by atoms with Crippen molar-refractivity contribution in [2.45, 2.75) is 0 Å². The van der Waals surface area contributed by atoms with Gasteiger partial charge in [0.2, 0.25) is 0 Å². The van der Waals surface area contributed by atoms with Crippen LogP contribution in [0.1, 0.15) is 0 Å².